The summed E-state index contributed by atoms with van der Waals surface area (Å²) in [6.45, 7) is 0.00392. The quantitative estimate of drug-likeness (QED) is 0.550. The second-order valence-electron chi connectivity index (χ2n) is 8.80. The lowest BCUT2D eigenvalue weighted by molar-refractivity contribution is -0.131. The SMILES string of the molecule is N#Cc1ccc(N2C(=O)C3C4CC(C(=O)COc5ccc(Cl)cc5)(CN4)N3C2=O)c2cccnc12. The Balaban J connectivity index is 1.34. The number of nitriles is 1. The van der Waals surface area contributed by atoms with E-state index in [9.17, 15) is 19.6 Å². The highest BCUT2D eigenvalue weighted by Gasteiger charge is 2.69. The van der Waals surface area contributed by atoms with Crippen molar-refractivity contribution in [1.82, 2.24) is 15.2 Å². The van der Waals surface area contributed by atoms with E-state index in [2.05, 4.69) is 16.4 Å². The average Bonchev–Trinajstić information content (AvgIpc) is 3.54. The summed E-state index contributed by atoms with van der Waals surface area (Å²) in [7, 11) is 0. The molecule has 3 atom stereocenters. The van der Waals surface area contributed by atoms with Gasteiger partial charge in [-0.1, -0.05) is 11.6 Å². The summed E-state index contributed by atoms with van der Waals surface area (Å²) >= 11 is 5.90. The van der Waals surface area contributed by atoms with E-state index in [0.717, 1.165) is 4.90 Å². The highest BCUT2D eigenvalue weighted by molar-refractivity contribution is 6.30. The number of fused-ring (bicyclic) bond motifs is 6. The zero-order valence-corrected chi connectivity index (χ0v) is 19.0. The fourth-order valence-corrected chi connectivity index (χ4v) is 5.53. The van der Waals surface area contributed by atoms with Gasteiger partial charge < -0.3 is 10.1 Å². The van der Waals surface area contributed by atoms with E-state index in [1.54, 1.807) is 54.7 Å². The van der Waals surface area contributed by atoms with Crippen LogP contribution >= 0.6 is 11.6 Å². The molecular weight excluding hydrogens is 470 g/mol. The first-order valence-electron chi connectivity index (χ1n) is 11.0. The minimum Gasteiger partial charge on any atom is -0.486 e. The maximum absolute atomic E-state index is 13.7. The number of Topliss-reactive ketones (excluding diaryl/α,β-unsaturated/α-hetero) is 1. The predicted octanol–water partition coefficient (Wildman–Crippen LogP) is 2.66. The van der Waals surface area contributed by atoms with Crippen LogP contribution in [0, 0.1) is 11.3 Å². The molecule has 1 aromatic heterocycles. The molecule has 3 saturated heterocycles. The van der Waals surface area contributed by atoms with E-state index in [0.29, 0.717) is 39.3 Å². The number of urea groups is 1. The molecule has 3 fully saturated rings. The summed E-state index contributed by atoms with van der Waals surface area (Å²) in [5.74, 6) is -0.201. The largest absolute Gasteiger partial charge is 0.486 e. The predicted molar refractivity (Wildman–Crippen MR) is 126 cm³/mol. The first kappa shape index (κ1) is 21.5. The van der Waals surface area contributed by atoms with Gasteiger partial charge >= 0.3 is 6.03 Å². The van der Waals surface area contributed by atoms with Crippen LogP contribution in [0.1, 0.15) is 12.0 Å². The van der Waals surface area contributed by atoms with Crippen molar-refractivity contribution in [2.75, 3.05) is 18.1 Å². The van der Waals surface area contributed by atoms with Crippen LogP contribution in [0.3, 0.4) is 0 Å². The number of nitrogens with zero attached hydrogens (tertiary/aromatic N) is 4. The van der Waals surface area contributed by atoms with Gasteiger partial charge in [-0.2, -0.15) is 5.26 Å². The number of pyridine rings is 1. The number of aromatic nitrogens is 1. The van der Waals surface area contributed by atoms with Gasteiger partial charge in [0.25, 0.3) is 5.91 Å². The standard InChI is InChI=1S/C25H18ClN5O4/c26-15-4-6-16(7-5-15)35-12-20(32)25-10-18(29-13-25)22-23(33)30(24(34)31(22)25)19-8-3-14(11-27)21-17(19)2-1-9-28-21/h1-9,18,22,29H,10,12-13H2. The van der Waals surface area contributed by atoms with Crippen LogP contribution in [0.2, 0.25) is 5.02 Å². The number of piperazine rings is 1. The molecule has 3 aliphatic rings. The van der Waals surface area contributed by atoms with Crippen LogP contribution in [0.5, 0.6) is 5.75 Å². The van der Waals surface area contributed by atoms with E-state index < -0.39 is 23.5 Å². The number of amides is 3. The van der Waals surface area contributed by atoms with Gasteiger partial charge in [0.15, 0.2) is 5.78 Å². The molecule has 35 heavy (non-hydrogen) atoms. The number of carbonyl (C=O) groups is 3. The fraction of sp³-hybridized carbons (Fsp3) is 0.240. The maximum atomic E-state index is 13.7. The van der Waals surface area contributed by atoms with Crippen molar-refractivity contribution in [1.29, 1.82) is 5.26 Å². The van der Waals surface area contributed by atoms with Crippen LogP contribution in [0.25, 0.3) is 10.9 Å². The Hall–Kier alpha value is -4.00. The Morgan fingerprint density at radius 2 is 2.03 bits per heavy atom. The van der Waals surface area contributed by atoms with Gasteiger partial charge in [0.1, 0.15) is 30.0 Å². The molecule has 3 aliphatic heterocycles. The summed E-state index contributed by atoms with van der Waals surface area (Å²) in [6, 6.07) is 13.6. The van der Waals surface area contributed by atoms with Gasteiger partial charge in [-0.25, -0.2) is 9.69 Å². The van der Waals surface area contributed by atoms with Crippen molar-refractivity contribution < 1.29 is 19.1 Å². The van der Waals surface area contributed by atoms with E-state index in [1.165, 1.54) is 4.90 Å². The van der Waals surface area contributed by atoms with Crippen LogP contribution in [-0.2, 0) is 9.59 Å². The Morgan fingerprint density at radius 3 is 2.80 bits per heavy atom. The Bertz CT molecular complexity index is 1450. The van der Waals surface area contributed by atoms with Gasteiger partial charge in [-0.05, 0) is 55.0 Å². The number of benzene rings is 2. The second kappa shape index (κ2) is 7.77. The lowest BCUT2D eigenvalue weighted by atomic mass is 9.93. The number of imide groups is 1. The molecule has 9 nitrogen and oxygen atoms in total. The number of ketones is 1. The third-order valence-corrected chi connectivity index (χ3v) is 7.27. The smallest absolute Gasteiger partial charge is 0.333 e. The molecule has 3 aromatic rings. The number of ether oxygens (including phenoxy) is 1. The number of hydrogen-bond acceptors (Lipinski definition) is 7. The van der Waals surface area contributed by atoms with Crippen LogP contribution in [-0.4, -0.2) is 58.4 Å². The van der Waals surface area contributed by atoms with Crippen LogP contribution in [0.4, 0.5) is 10.5 Å². The third-order valence-electron chi connectivity index (χ3n) is 7.02. The molecule has 3 unspecified atom stereocenters. The van der Waals surface area contributed by atoms with E-state index in [-0.39, 0.29) is 25.0 Å². The molecule has 2 aromatic carbocycles. The average molecular weight is 488 g/mol. The second-order valence-corrected chi connectivity index (χ2v) is 9.24. The van der Waals surface area contributed by atoms with Gasteiger partial charge in [0.2, 0.25) is 0 Å². The van der Waals surface area contributed by atoms with Crippen molar-refractivity contribution in [2.24, 2.45) is 0 Å². The van der Waals surface area contributed by atoms with E-state index in [1.807, 2.05) is 0 Å². The summed E-state index contributed by atoms with van der Waals surface area (Å²) in [4.78, 5) is 47.5. The van der Waals surface area contributed by atoms with E-state index >= 15 is 0 Å². The number of halogens is 1. The first-order valence-corrected chi connectivity index (χ1v) is 11.4. The van der Waals surface area contributed by atoms with Crippen molar-refractivity contribution in [3.63, 3.8) is 0 Å². The highest BCUT2D eigenvalue weighted by Crippen LogP contribution is 2.46. The first-order chi connectivity index (χ1) is 16.9. The van der Waals surface area contributed by atoms with Crippen molar-refractivity contribution in [2.45, 2.75) is 24.0 Å². The highest BCUT2D eigenvalue weighted by atomic mass is 35.5. The van der Waals surface area contributed by atoms with Crippen LogP contribution < -0.4 is 15.0 Å². The zero-order chi connectivity index (χ0) is 24.3. The number of nitrogens with one attached hydrogen (secondary N) is 1. The molecule has 6 rings (SSSR count). The molecule has 1 N–H and O–H groups in total. The molecule has 10 heteroatoms. The Kier molecular flexibility index (Phi) is 4.78. The third kappa shape index (κ3) is 3.04. The summed E-state index contributed by atoms with van der Waals surface area (Å²) in [5.41, 5.74) is -0.0832. The van der Waals surface area contributed by atoms with Crippen molar-refractivity contribution in [3.8, 4) is 11.8 Å². The summed E-state index contributed by atoms with van der Waals surface area (Å²) in [6.07, 6.45) is 1.90. The molecule has 2 bridgehead atoms. The minimum atomic E-state index is -1.18. The number of anilines is 1. The molecule has 0 saturated carbocycles. The molecule has 174 valence electrons. The van der Waals surface area contributed by atoms with Gasteiger partial charge in [0.05, 0.1) is 16.8 Å². The minimum absolute atomic E-state index is 0.246. The summed E-state index contributed by atoms with van der Waals surface area (Å²) in [5, 5.41) is 13.7. The topological polar surface area (TPSA) is 116 Å². The molecule has 0 spiro atoms. The van der Waals surface area contributed by atoms with Gasteiger partial charge in [-0.3, -0.25) is 19.5 Å². The van der Waals surface area contributed by atoms with Gasteiger partial charge in [-0.15, -0.1) is 0 Å². The zero-order valence-electron chi connectivity index (χ0n) is 18.3. The van der Waals surface area contributed by atoms with E-state index in [4.69, 9.17) is 16.3 Å². The molecule has 3 amide bonds. The fourth-order valence-electron chi connectivity index (χ4n) is 5.41. The number of hydrogen-bond donors (Lipinski definition) is 1. The van der Waals surface area contributed by atoms with Crippen molar-refractivity contribution >= 4 is 45.9 Å². The number of rotatable bonds is 5. The van der Waals surface area contributed by atoms with Gasteiger partial charge in [0, 0.05) is 29.2 Å². The molecule has 4 heterocycles. The number of carbonyl (C=O) groups excluding carboxylic acids is 3. The monoisotopic (exact) mass is 487 g/mol. The normalized spacial score (nSPS) is 24.7. The Labute approximate surface area is 204 Å². The lowest BCUT2D eigenvalue weighted by Gasteiger charge is -2.36. The molecular formula is C25H18ClN5O4. The van der Waals surface area contributed by atoms with Crippen LogP contribution in [0.15, 0.2) is 54.7 Å². The Morgan fingerprint density at radius 1 is 1.23 bits per heavy atom. The van der Waals surface area contributed by atoms with Crippen molar-refractivity contribution in [3.05, 3.63) is 65.3 Å². The molecule has 0 radical (unpaired) electrons. The maximum Gasteiger partial charge on any atom is 0.333 e. The lowest BCUT2D eigenvalue weighted by Crippen LogP contribution is -2.62. The summed E-state index contributed by atoms with van der Waals surface area (Å²) < 4.78 is 5.67. The molecule has 0 aliphatic carbocycles.